The highest BCUT2D eigenvalue weighted by molar-refractivity contribution is 9.10. The summed E-state index contributed by atoms with van der Waals surface area (Å²) in [6.45, 7) is 1.92. The largest absolute Gasteiger partial charge is 0.385 e. The van der Waals surface area contributed by atoms with Crippen molar-refractivity contribution in [3.8, 4) is 0 Å². The molecule has 0 spiro atoms. The van der Waals surface area contributed by atoms with Crippen molar-refractivity contribution >= 4 is 27.5 Å². The molecule has 0 bridgehead atoms. The number of amides is 1. The molecule has 5 heteroatoms. The van der Waals surface area contributed by atoms with Crippen molar-refractivity contribution in [3.05, 3.63) is 28.7 Å². The van der Waals surface area contributed by atoms with E-state index in [0.717, 1.165) is 36.2 Å². The second-order valence-electron chi connectivity index (χ2n) is 3.90. The van der Waals surface area contributed by atoms with E-state index >= 15 is 0 Å². The van der Waals surface area contributed by atoms with E-state index in [1.165, 1.54) is 0 Å². The molecule has 0 aromatic heterocycles. The second-order valence-corrected chi connectivity index (χ2v) is 4.76. The highest BCUT2D eigenvalue weighted by Gasteiger charge is 2.03. The Morgan fingerprint density at radius 3 is 2.83 bits per heavy atom. The smallest absolute Gasteiger partial charge is 0.238 e. The predicted molar refractivity (Wildman–Crippen MR) is 76.8 cm³/mol. The number of halogens is 1. The van der Waals surface area contributed by atoms with Crippen LogP contribution in [0, 0.1) is 0 Å². The molecule has 2 N–H and O–H groups in total. The Bertz CT molecular complexity index is 372. The summed E-state index contributed by atoms with van der Waals surface area (Å²) in [4.78, 5) is 11.6. The lowest BCUT2D eigenvalue weighted by Crippen LogP contribution is -2.28. The second kappa shape index (κ2) is 9.08. The van der Waals surface area contributed by atoms with Crippen LogP contribution in [0.1, 0.15) is 12.8 Å². The number of para-hydroxylation sites is 1. The standard InChI is InChI=1S/C13H19BrN2O2/c1-18-9-5-4-8-15-10-13(17)16-12-7-3-2-6-11(12)14/h2-3,6-7,15H,4-5,8-10H2,1H3,(H,16,17). The van der Waals surface area contributed by atoms with Gasteiger partial charge in [-0.25, -0.2) is 0 Å². The van der Waals surface area contributed by atoms with Gasteiger partial charge in [0.15, 0.2) is 0 Å². The third kappa shape index (κ3) is 6.14. The number of ether oxygens (including phenoxy) is 1. The molecule has 4 nitrogen and oxygen atoms in total. The van der Waals surface area contributed by atoms with E-state index in [0.29, 0.717) is 6.54 Å². The van der Waals surface area contributed by atoms with Crippen molar-refractivity contribution < 1.29 is 9.53 Å². The first-order chi connectivity index (χ1) is 8.74. The summed E-state index contributed by atoms with van der Waals surface area (Å²) in [7, 11) is 1.69. The lowest BCUT2D eigenvalue weighted by Gasteiger charge is -2.08. The lowest BCUT2D eigenvalue weighted by atomic mass is 10.3. The average molecular weight is 315 g/mol. The molecule has 0 saturated carbocycles. The summed E-state index contributed by atoms with van der Waals surface area (Å²) in [5.74, 6) is -0.0337. The summed E-state index contributed by atoms with van der Waals surface area (Å²) in [5.41, 5.74) is 0.795. The Morgan fingerprint density at radius 1 is 1.33 bits per heavy atom. The van der Waals surface area contributed by atoms with E-state index in [1.807, 2.05) is 24.3 Å². The summed E-state index contributed by atoms with van der Waals surface area (Å²) in [5, 5.41) is 5.94. The van der Waals surface area contributed by atoms with Gasteiger partial charge in [-0.3, -0.25) is 4.79 Å². The molecule has 1 amide bonds. The van der Waals surface area contributed by atoms with Crippen molar-refractivity contribution in [2.45, 2.75) is 12.8 Å². The van der Waals surface area contributed by atoms with Gasteiger partial charge in [0, 0.05) is 18.2 Å². The lowest BCUT2D eigenvalue weighted by molar-refractivity contribution is -0.115. The van der Waals surface area contributed by atoms with Gasteiger partial charge in [-0.2, -0.15) is 0 Å². The van der Waals surface area contributed by atoms with Crippen LogP contribution in [-0.2, 0) is 9.53 Å². The van der Waals surface area contributed by atoms with Gasteiger partial charge in [0.25, 0.3) is 0 Å². The fourth-order valence-electron chi connectivity index (χ4n) is 1.46. The number of anilines is 1. The van der Waals surface area contributed by atoms with Gasteiger partial charge in [-0.05, 0) is 47.4 Å². The first-order valence-corrected chi connectivity index (χ1v) is 6.77. The van der Waals surface area contributed by atoms with E-state index in [4.69, 9.17) is 4.74 Å². The zero-order valence-electron chi connectivity index (χ0n) is 10.5. The predicted octanol–water partition coefficient (Wildman–Crippen LogP) is 2.40. The molecule has 0 fully saturated rings. The van der Waals surface area contributed by atoms with Crippen LogP contribution in [0.25, 0.3) is 0 Å². The normalized spacial score (nSPS) is 10.3. The molecule has 0 atom stereocenters. The third-order valence-corrected chi connectivity index (χ3v) is 3.08. The van der Waals surface area contributed by atoms with E-state index in [9.17, 15) is 4.79 Å². The molecule has 18 heavy (non-hydrogen) atoms. The zero-order chi connectivity index (χ0) is 13.2. The van der Waals surface area contributed by atoms with Gasteiger partial charge in [-0.1, -0.05) is 12.1 Å². The Morgan fingerprint density at radius 2 is 2.11 bits per heavy atom. The van der Waals surface area contributed by atoms with Crippen LogP contribution in [0.15, 0.2) is 28.7 Å². The molecule has 1 rings (SSSR count). The Kier molecular flexibility index (Phi) is 7.64. The maximum Gasteiger partial charge on any atom is 0.238 e. The molecular formula is C13H19BrN2O2. The van der Waals surface area contributed by atoms with Crippen LogP contribution in [0.4, 0.5) is 5.69 Å². The van der Waals surface area contributed by atoms with E-state index in [2.05, 4.69) is 26.6 Å². The van der Waals surface area contributed by atoms with Crippen LogP contribution in [0.3, 0.4) is 0 Å². The Hall–Kier alpha value is -0.910. The van der Waals surface area contributed by atoms with Crippen LogP contribution >= 0.6 is 15.9 Å². The van der Waals surface area contributed by atoms with Crippen molar-refractivity contribution in [2.75, 3.05) is 32.1 Å². The molecule has 0 aliphatic carbocycles. The molecule has 0 heterocycles. The van der Waals surface area contributed by atoms with Crippen molar-refractivity contribution in [1.29, 1.82) is 0 Å². The number of hydrogen-bond donors (Lipinski definition) is 2. The van der Waals surface area contributed by atoms with Crippen molar-refractivity contribution in [1.82, 2.24) is 5.32 Å². The zero-order valence-corrected chi connectivity index (χ0v) is 12.1. The summed E-state index contributed by atoms with van der Waals surface area (Å²) < 4.78 is 5.84. The van der Waals surface area contributed by atoms with E-state index < -0.39 is 0 Å². The number of carbonyl (C=O) groups is 1. The number of benzene rings is 1. The average Bonchev–Trinajstić information content (AvgIpc) is 2.36. The fraction of sp³-hybridized carbons (Fsp3) is 0.462. The quantitative estimate of drug-likeness (QED) is 0.724. The van der Waals surface area contributed by atoms with Crippen molar-refractivity contribution in [3.63, 3.8) is 0 Å². The number of rotatable bonds is 8. The van der Waals surface area contributed by atoms with Gasteiger partial charge < -0.3 is 15.4 Å². The minimum absolute atomic E-state index is 0.0337. The van der Waals surface area contributed by atoms with Crippen LogP contribution in [0.2, 0.25) is 0 Å². The SMILES string of the molecule is COCCCCNCC(=O)Nc1ccccc1Br. The molecule has 0 unspecified atom stereocenters. The van der Waals surface area contributed by atoms with Gasteiger partial charge in [0.1, 0.15) is 0 Å². The van der Waals surface area contributed by atoms with Crippen LogP contribution in [-0.4, -0.2) is 32.7 Å². The minimum Gasteiger partial charge on any atom is -0.385 e. The van der Waals surface area contributed by atoms with Crippen LogP contribution < -0.4 is 10.6 Å². The molecule has 100 valence electrons. The maximum absolute atomic E-state index is 11.6. The Labute approximate surface area is 116 Å². The molecule has 0 saturated heterocycles. The Balaban J connectivity index is 2.16. The highest BCUT2D eigenvalue weighted by Crippen LogP contribution is 2.20. The summed E-state index contributed by atoms with van der Waals surface area (Å²) in [6.07, 6.45) is 2.02. The van der Waals surface area contributed by atoms with Gasteiger partial charge >= 0.3 is 0 Å². The van der Waals surface area contributed by atoms with Gasteiger partial charge in [0.05, 0.1) is 12.2 Å². The molecule has 0 radical (unpaired) electrons. The molecule has 1 aromatic carbocycles. The third-order valence-electron chi connectivity index (χ3n) is 2.39. The fourth-order valence-corrected chi connectivity index (χ4v) is 1.84. The maximum atomic E-state index is 11.6. The molecule has 0 aliphatic heterocycles. The number of unbranched alkanes of at least 4 members (excludes halogenated alkanes) is 1. The van der Waals surface area contributed by atoms with E-state index in [-0.39, 0.29) is 5.91 Å². The topological polar surface area (TPSA) is 50.4 Å². The molecular weight excluding hydrogens is 296 g/mol. The minimum atomic E-state index is -0.0337. The first kappa shape index (κ1) is 15.1. The molecule has 1 aromatic rings. The first-order valence-electron chi connectivity index (χ1n) is 5.98. The number of hydrogen-bond acceptors (Lipinski definition) is 3. The van der Waals surface area contributed by atoms with Gasteiger partial charge in [-0.15, -0.1) is 0 Å². The monoisotopic (exact) mass is 314 g/mol. The van der Waals surface area contributed by atoms with Gasteiger partial charge in [0.2, 0.25) is 5.91 Å². The summed E-state index contributed by atoms with van der Waals surface area (Å²) >= 11 is 3.39. The molecule has 0 aliphatic rings. The number of nitrogens with one attached hydrogen (secondary N) is 2. The number of methoxy groups -OCH3 is 1. The number of carbonyl (C=O) groups excluding carboxylic acids is 1. The van der Waals surface area contributed by atoms with E-state index in [1.54, 1.807) is 7.11 Å². The highest BCUT2D eigenvalue weighted by atomic mass is 79.9. The van der Waals surface area contributed by atoms with Crippen molar-refractivity contribution in [2.24, 2.45) is 0 Å². The van der Waals surface area contributed by atoms with Crippen LogP contribution in [0.5, 0.6) is 0 Å². The summed E-state index contributed by atoms with van der Waals surface area (Å²) in [6, 6.07) is 7.56.